The molecule has 0 aliphatic carbocycles. The van der Waals surface area contributed by atoms with Crippen LogP contribution in [-0.4, -0.2) is 16.5 Å². The second-order valence-corrected chi connectivity index (χ2v) is 5.22. The molecule has 1 heterocycles. The van der Waals surface area contributed by atoms with E-state index in [1.54, 1.807) is 6.33 Å². The van der Waals surface area contributed by atoms with Gasteiger partial charge in [0.15, 0.2) is 0 Å². The summed E-state index contributed by atoms with van der Waals surface area (Å²) < 4.78 is 0. The van der Waals surface area contributed by atoms with E-state index in [0.29, 0.717) is 5.92 Å². The van der Waals surface area contributed by atoms with Gasteiger partial charge in [0.1, 0.15) is 12.1 Å². The predicted octanol–water partition coefficient (Wildman–Crippen LogP) is 3.10. The molecular formula is C16H22N4. The molecule has 106 valence electrons. The van der Waals surface area contributed by atoms with Gasteiger partial charge >= 0.3 is 0 Å². The molecule has 0 saturated carbocycles. The fraction of sp³-hybridized carbons (Fsp3) is 0.375. The van der Waals surface area contributed by atoms with Crippen LogP contribution in [0.4, 0.5) is 5.82 Å². The normalized spacial score (nSPS) is 12.4. The van der Waals surface area contributed by atoms with E-state index in [0.717, 1.165) is 24.5 Å². The third-order valence-corrected chi connectivity index (χ3v) is 3.27. The van der Waals surface area contributed by atoms with Crippen LogP contribution in [0.25, 0.3) is 0 Å². The average Bonchev–Trinajstić information content (AvgIpc) is 2.48. The Morgan fingerprint density at radius 2 is 1.90 bits per heavy atom. The number of hydrogen-bond donors (Lipinski definition) is 2. The van der Waals surface area contributed by atoms with Gasteiger partial charge in [0, 0.05) is 24.3 Å². The molecule has 0 radical (unpaired) electrons. The molecule has 4 heteroatoms. The van der Waals surface area contributed by atoms with Crippen LogP contribution in [0.2, 0.25) is 0 Å². The number of nitrogens with two attached hydrogens (primary N) is 1. The minimum atomic E-state index is 0.0510. The maximum atomic E-state index is 6.16. The first-order valence-electron chi connectivity index (χ1n) is 7.03. The Kier molecular flexibility index (Phi) is 5.07. The van der Waals surface area contributed by atoms with Gasteiger partial charge in [-0.1, -0.05) is 44.2 Å². The molecule has 1 unspecified atom stereocenters. The van der Waals surface area contributed by atoms with Crippen molar-refractivity contribution in [3.8, 4) is 0 Å². The smallest absolute Gasteiger partial charge is 0.129 e. The highest BCUT2D eigenvalue weighted by Crippen LogP contribution is 2.15. The molecule has 1 atom stereocenters. The van der Waals surface area contributed by atoms with E-state index < -0.39 is 0 Å². The fourth-order valence-corrected chi connectivity index (χ4v) is 2.01. The van der Waals surface area contributed by atoms with Crippen molar-refractivity contribution in [2.45, 2.75) is 32.2 Å². The largest absolute Gasteiger partial charge is 0.370 e. The van der Waals surface area contributed by atoms with E-state index in [9.17, 15) is 0 Å². The zero-order chi connectivity index (χ0) is 14.4. The summed E-state index contributed by atoms with van der Waals surface area (Å²) in [6, 6.07) is 12.2. The van der Waals surface area contributed by atoms with Crippen molar-refractivity contribution < 1.29 is 0 Å². The van der Waals surface area contributed by atoms with E-state index in [-0.39, 0.29) is 6.04 Å². The van der Waals surface area contributed by atoms with Crippen LogP contribution in [-0.2, 0) is 0 Å². The Bertz CT molecular complexity index is 525. The standard InChI is InChI=1S/C16H22N4/c1-12(2)15-10-16(20-11-19-15)18-9-8-14(17)13-6-4-3-5-7-13/h3-7,10-12,14H,8-9,17H2,1-2H3,(H,18,19,20). The van der Waals surface area contributed by atoms with Gasteiger partial charge in [0.25, 0.3) is 0 Å². The zero-order valence-electron chi connectivity index (χ0n) is 12.1. The Morgan fingerprint density at radius 3 is 2.60 bits per heavy atom. The third-order valence-electron chi connectivity index (χ3n) is 3.27. The maximum absolute atomic E-state index is 6.16. The van der Waals surface area contributed by atoms with Gasteiger partial charge in [-0.2, -0.15) is 0 Å². The summed E-state index contributed by atoms with van der Waals surface area (Å²) in [5.74, 6) is 1.27. The van der Waals surface area contributed by atoms with Crippen molar-refractivity contribution in [1.82, 2.24) is 9.97 Å². The molecule has 0 amide bonds. The van der Waals surface area contributed by atoms with Crippen molar-refractivity contribution in [3.63, 3.8) is 0 Å². The second kappa shape index (κ2) is 7.01. The minimum absolute atomic E-state index is 0.0510. The summed E-state index contributed by atoms with van der Waals surface area (Å²) in [6.07, 6.45) is 2.47. The first-order chi connectivity index (χ1) is 9.66. The van der Waals surface area contributed by atoms with E-state index in [1.165, 1.54) is 5.56 Å². The number of hydrogen-bond acceptors (Lipinski definition) is 4. The lowest BCUT2D eigenvalue weighted by Crippen LogP contribution is -2.15. The van der Waals surface area contributed by atoms with Crippen molar-refractivity contribution in [2.24, 2.45) is 5.73 Å². The van der Waals surface area contributed by atoms with Crippen molar-refractivity contribution in [1.29, 1.82) is 0 Å². The third kappa shape index (κ3) is 4.03. The summed E-state index contributed by atoms with van der Waals surface area (Å²) in [4.78, 5) is 8.48. The predicted molar refractivity (Wildman–Crippen MR) is 82.6 cm³/mol. The number of nitrogens with zero attached hydrogens (tertiary/aromatic N) is 2. The second-order valence-electron chi connectivity index (χ2n) is 5.22. The molecule has 20 heavy (non-hydrogen) atoms. The molecule has 0 bridgehead atoms. The summed E-state index contributed by atoms with van der Waals surface area (Å²) in [5.41, 5.74) is 8.38. The molecule has 4 nitrogen and oxygen atoms in total. The number of benzene rings is 1. The summed E-state index contributed by atoms with van der Waals surface area (Å²) in [6.45, 7) is 5.04. The molecule has 1 aromatic heterocycles. The molecule has 0 aliphatic rings. The maximum Gasteiger partial charge on any atom is 0.129 e. The molecular weight excluding hydrogens is 248 g/mol. The first kappa shape index (κ1) is 14.5. The molecule has 3 N–H and O–H groups in total. The van der Waals surface area contributed by atoms with Gasteiger partial charge in [0.2, 0.25) is 0 Å². The highest BCUT2D eigenvalue weighted by Gasteiger charge is 2.06. The zero-order valence-corrected chi connectivity index (χ0v) is 12.1. The summed E-state index contributed by atoms with van der Waals surface area (Å²) in [5, 5.41) is 3.31. The van der Waals surface area contributed by atoms with Crippen molar-refractivity contribution in [3.05, 3.63) is 54.0 Å². The van der Waals surface area contributed by atoms with E-state index in [4.69, 9.17) is 5.73 Å². The van der Waals surface area contributed by atoms with E-state index in [1.807, 2.05) is 24.3 Å². The van der Waals surface area contributed by atoms with Crippen LogP contribution in [0, 0.1) is 0 Å². The first-order valence-corrected chi connectivity index (χ1v) is 7.03. The topological polar surface area (TPSA) is 63.8 Å². The van der Waals surface area contributed by atoms with Crippen LogP contribution in [0.15, 0.2) is 42.7 Å². The van der Waals surface area contributed by atoms with Crippen LogP contribution in [0.3, 0.4) is 0 Å². The van der Waals surface area contributed by atoms with Crippen LogP contribution < -0.4 is 11.1 Å². The Balaban J connectivity index is 1.85. The van der Waals surface area contributed by atoms with Crippen molar-refractivity contribution in [2.75, 3.05) is 11.9 Å². The summed E-state index contributed by atoms with van der Waals surface area (Å²) >= 11 is 0. The number of nitrogens with one attached hydrogen (secondary N) is 1. The quantitative estimate of drug-likeness (QED) is 0.846. The van der Waals surface area contributed by atoms with E-state index >= 15 is 0 Å². The average molecular weight is 270 g/mol. The minimum Gasteiger partial charge on any atom is -0.370 e. The monoisotopic (exact) mass is 270 g/mol. The molecule has 1 aromatic carbocycles. The highest BCUT2D eigenvalue weighted by molar-refractivity contribution is 5.35. The van der Waals surface area contributed by atoms with Gasteiger partial charge in [-0.25, -0.2) is 9.97 Å². The number of anilines is 1. The van der Waals surface area contributed by atoms with Gasteiger partial charge in [-0.15, -0.1) is 0 Å². The Labute approximate surface area is 120 Å². The molecule has 0 saturated heterocycles. The van der Waals surface area contributed by atoms with Gasteiger partial charge < -0.3 is 11.1 Å². The van der Waals surface area contributed by atoms with Gasteiger partial charge in [-0.05, 0) is 17.9 Å². The Hall–Kier alpha value is -1.94. The highest BCUT2D eigenvalue weighted by atomic mass is 15.0. The molecule has 2 rings (SSSR count). The van der Waals surface area contributed by atoms with Crippen LogP contribution in [0.1, 0.15) is 43.5 Å². The molecule has 0 fully saturated rings. The SMILES string of the molecule is CC(C)c1cc(NCCC(N)c2ccccc2)ncn1. The lowest BCUT2D eigenvalue weighted by atomic mass is 10.1. The Morgan fingerprint density at radius 1 is 1.15 bits per heavy atom. The molecule has 2 aromatic rings. The number of aromatic nitrogens is 2. The fourth-order valence-electron chi connectivity index (χ4n) is 2.01. The summed E-state index contributed by atoms with van der Waals surface area (Å²) in [7, 11) is 0. The van der Waals surface area contributed by atoms with Crippen LogP contribution >= 0.6 is 0 Å². The number of rotatable bonds is 6. The molecule has 0 aliphatic heterocycles. The molecule has 0 spiro atoms. The lowest BCUT2D eigenvalue weighted by molar-refractivity contribution is 0.673. The van der Waals surface area contributed by atoms with Gasteiger partial charge in [-0.3, -0.25) is 0 Å². The van der Waals surface area contributed by atoms with E-state index in [2.05, 4.69) is 41.3 Å². The lowest BCUT2D eigenvalue weighted by Gasteiger charge is -2.13. The van der Waals surface area contributed by atoms with Crippen molar-refractivity contribution >= 4 is 5.82 Å². The van der Waals surface area contributed by atoms with Gasteiger partial charge in [0.05, 0.1) is 0 Å². The van der Waals surface area contributed by atoms with Crippen LogP contribution in [0.5, 0.6) is 0 Å².